The van der Waals surface area contributed by atoms with E-state index in [1.165, 1.54) is 25.7 Å². The Hall–Kier alpha value is -2.04. The first-order valence-electron chi connectivity index (χ1n) is 9.30. The fourth-order valence-corrected chi connectivity index (χ4v) is 4.14. The van der Waals surface area contributed by atoms with E-state index in [0.29, 0.717) is 17.5 Å². The molecular weight excluding hydrogens is 316 g/mol. The summed E-state index contributed by atoms with van der Waals surface area (Å²) in [4.78, 5) is 28.8. The third-order valence-electron chi connectivity index (χ3n) is 5.49. The zero-order chi connectivity index (χ0) is 17.8. The lowest BCUT2D eigenvalue weighted by Crippen LogP contribution is -2.50. The highest BCUT2D eigenvalue weighted by molar-refractivity contribution is 5.92. The van der Waals surface area contributed by atoms with Crippen molar-refractivity contribution < 1.29 is 14.3 Å². The largest absolute Gasteiger partial charge is 0.452 e. The van der Waals surface area contributed by atoms with Gasteiger partial charge in [0.05, 0.1) is 5.56 Å². The van der Waals surface area contributed by atoms with Crippen LogP contribution >= 0.6 is 0 Å². The van der Waals surface area contributed by atoms with E-state index in [-0.39, 0.29) is 12.5 Å². The Bertz CT molecular complexity index is 627. The third-order valence-corrected chi connectivity index (χ3v) is 5.49. The number of ether oxygens (including phenoxy) is 1. The molecule has 1 amide bonds. The first-order valence-corrected chi connectivity index (χ1v) is 9.30. The van der Waals surface area contributed by atoms with E-state index in [9.17, 15) is 9.59 Å². The second-order valence-electron chi connectivity index (χ2n) is 7.36. The SMILES string of the molecule is CN(C)c1cccc(C(=O)OCC(=O)N2CCC[C@@H]3CCCC[C@H]32)c1. The average Bonchev–Trinajstić information content (AvgIpc) is 2.65. The first-order chi connectivity index (χ1) is 12.1. The average molecular weight is 344 g/mol. The lowest BCUT2D eigenvalue weighted by atomic mass is 9.78. The van der Waals surface area contributed by atoms with Gasteiger partial charge in [-0.15, -0.1) is 0 Å². The minimum absolute atomic E-state index is 0.0475. The molecule has 0 N–H and O–H groups in total. The van der Waals surface area contributed by atoms with Crippen LogP contribution in [-0.2, 0) is 9.53 Å². The van der Waals surface area contributed by atoms with Gasteiger partial charge in [-0.1, -0.05) is 18.9 Å². The molecule has 0 unspecified atom stereocenters. The van der Waals surface area contributed by atoms with Crippen molar-refractivity contribution in [2.24, 2.45) is 5.92 Å². The van der Waals surface area contributed by atoms with Crippen LogP contribution in [-0.4, -0.2) is 50.1 Å². The zero-order valence-corrected chi connectivity index (χ0v) is 15.2. The number of amides is 1. The Morgan fingerprint density at radius 2 is 1.92 bits per heavy atom. The number of piperidine rings is 1. The van der Waals surface area contributed by atoms with Gasteiger partial charge in [0.2, 0.25) is 0 Å². The monoisotopic (exact) mass is 344 g/mol. The molecule has 1 aromatic rings. The molecule has 2 atom stereocenters. The summed E-state index contributed by atoms with van der Waals surface area (Å²) in [5.74, 6) is 0.155. The van der Waals surface area contributed by atoms with Crippen LogP contribution in [0.2, 0.25) is 0 Å². The highest BCUT2D eigenvalue weighted by Crippen LogP contribution is 2.35. The third kappa shape index (κ3) is 4.14. The maximum absolute atomic E-state index is 12.6. The molecule has 1 aromatic carbocycles. The molecule has 1 aliphatic heterocycles. The fraction of sp³-hybridized carbons (Fsp3) is 0.600. The number of fused-ring (bicyclic) bond motifs is 1. The number of anilines is 1. The molecule has 5 nitrogen and oxygen atoms in total. The molecule has 0 bridgehead atoms. The molecule has 5 heteroatoms. The van der Waals surface area contributed by atoms with E-state index in [4.69, 9.17) is 4.74 Å². The molecule has 1 aliphatic carbocycles. The van der Waals surface area contributed by atoms with Crippen molar-refractivity contribution in [1.29, 1.82) is 0 Å². The predicted octanol–water partition coefficient (Wildman–Crippen LogP) is 3.09. The van der Waals surface area contributed by atoms with Crippen LogP contribution in [0.25, 0.3) is 0 Å². The summed E-state index contributed by atoms with van der Waals surface area (Å²) in [6.45, 7) is 0.641. The summed E-state index contributed by atoms with van der Waals surface area (Å²) in [6, 6.07) is 7.61. The van der Waals surface area contributed by atoms with Crippen LogP contribution < -0.4 is 4.90 Å². The number of likely N-dealkylation sites (tertiary alicyclic amines) is 1. The molecule has 1 saturated heterocycles. The van der Waals surface area contributed by atoms with E-state index >= 15 is 0 Å². The maximum atomic E-state index is 12.6. The quantitative estimate of drug-likeness (QED) is 0.788. The Morgan fingerprint density at radius 3 is 2.72 bits per heavy atom. The van der Waals surface area contributed by atoms with Crippen LogP contribution in [0, 0.1) is 5.92 Å². The normalized spacial score (nSPS) is 22.9. The van der Waals surface area contributed by atoms with Crippen LogP contribution in [0.15, 0.2) is 24.3 Å². The smallest absolute Gasteiger partial charge is 0.338 e. The summed E-state index contributed by atoms with van der Waals surface area (Å²) < 4.78 is 5.31. The number of rotatable bonds is 4. The molecule has 0 spiro atoms. The summed E-state index contributed by atoms with van der Waals surface area (Å²) in [6.07, 6.45) is 7.08. The molecule has 0 radical (unpaired) electrons. The highest BCUT2D eigenvalue weighted by Gasteiger charge is 2.35. The topological polar surface area (TPSA) is 49.9 Å². The van der Waals surface area contributed by atoms with Crippen molar-refractivity contribution in [3.63, 3.8) is 0 Å². The van der Waals surface area contributed by atoms with Crippen molar-refractivity contribution >= 4 is 17.6 Å². The van der Waals surface area contributed by atoms with E-state index < -0.39 is 5.97 Å². The zero-order valence-electron chi connectivity index (χ0n) is 15.2. The molecule has 25 heavy (non-hydrogen) atoms. The molecule has 1 heterocycles. The minimum Gasteiger partial charge on any atom is -0.452 e. The second-order valence-corrected chi connectivity index (χ2v) is 7.36. The summed E-state index contributed by atoms with van der Waals surface area (Å²) in [5, 5.41) is 0. The van der Waals surface area contributed by atoms with Crippen molar-refractivity contribution in [1.82, 2.24) is 4.90 Å². The number of hydrogen-bond acceptors (Lipinski definition) is 4. The number of carbonyl (C=O) groups excluding carboxylic acids is 2. The van der Waals surface area contributed by atoms with Crippen LogP contribution in [0.1, 0.15) is 48.9 Å². The van der Waals surface area contributed by atoms with Gasteiger partial charge in [-0.05, 0) is 49.8 Å². The summed E-state index contributed by atoms with van der Waals surface area (Å²) >= 11 is 0. The van der Waals surface area contributed by atoms with Gasteiger partial charge in [-0.2, -0.15) is 0 Å². The van der Waals surface area contributed by atoms with Gasteiger partial charge >= 0.3 is 5.97 Å². The number of benzene rings is 1. The standard InChI is InChI=1S/C20H28N2O3/c1-21(2)17-10-5-8-16(13-17)20(24)25-14-19(23)22-12-6-9-15-7-3-4-11-18(15)22/h5,8,10,13,15,18H,3-4,6-7,9,11-12,14H2,1-2H3/t15-,18+/m0/s1. The minimum atomic E-state index is -0.436. The number of esters is 1. The van der Waals surface area contributed by atoms with Crippen molar-refractivity contribution in [3.8, 4) is 0 Å². The van der Waals surface area contributed by atoms with E-state index in [1.54, 1.807) is 12.1 Å². The maximum Gasteiger partial charge on any atom is 0.338 e. The molecule has 2 fully saturated rings. The van der Waals surface area contributed by atoms with Crippen molar-refractivity contribution in [3.05, 3.63) is 29.8 Å². The van der Waals surface area contributed by atoms with E-state index in [0.717, 1.165) is 25.1 Å². The molecule has 1 saturated carbocycles. The number of nitrogens with zero attached hydrogens (tertiary/aromatic N) is 2. The van der Waals surface area contributed by atoms with Gasteiger partial charge in [0.15, 0.2) is 6.61 Å². The van der Waals surface area contributed by atoms with Gasteiger partial charge < -0.3 is 14.5 Å². The van der Waals surface area contributed by atoms with Crippen molar-refractivity contribution in [2.45, 2.75) is 44.6 Å². The van der Waals surface area contributed by atoms with Crippen molar-refractivity contribution in [2.75, 3.05) is 32.1 Å². The molecule has 3 rings (SSSR count). The van der Waals surface area contributed by atoms with Crippen LogP contribution in [0.5, 0.6) is 0 Å². The molecule has 0 aromatic heterocycles. The lowest BCUT2D eigenvalue weighted by molar-refractivity contribution is -0.140. The predicted molar refractivity (Wildman–Crippen MR) is 97.7 cm³/mol. The molecule has 2 aliphatic rings. The second kappa shape index (κ2) is 7.89. The van der Waals surface area contributed by atoms with Gasteiger partial charge in [0, 0.05) is 32.4 Å². The van der Waals surface area contributed by atoms with Gasteiger partial charge in [0.25, 0.3) is 5.91 Å². The van der Waals surface area contributed by atoms with E-state index in [1.807, 2.05) is 36.0 Å². The van der Waals surface area contributed by atoms with Crippen LogP contribution in [0.4, 0.5) is 5.69 Å². The van der Waals surface area contributed by atoms with Gasteiger partial charge in [0.1, 0.15) is 0 Å². The van der Waals surface area contributed by atoms with Gasteiger partial charge in [-0.25, -0.2) is 4.79 Å². The Balaban J connectivity index is 1.58. The summed E-state index contributed by atoms with van der Waals surface area (Å²) in [7, 11) is 3.84. The Morgan fingerprint density at radius 1 is 1.16 bits per heavy atom. The fourth-order valence-electron chi connectivity index (χ4n) is 4.14. The first kappa shape index (κ1) is 17.8. The van der Waals surface area contributed by atoms with Crippen LogP contribution in [0.3, 0.4) is 0 Å². The number of hydrogen-bond donors (Lipinski definition) is 0. The summed E-state index contributed by atoms with van der Waals surface area (Å²) in [5.41, 5.74) is 1.41. The lowest BCUT2D eigenvalue weighted by Gasteiger charge is -2.44. The van der Waals surface area contributed by atoms with E-state index in [2.05, 4.69) is 0 Å². The Kier molecular flexibility index (Phi) is 5.61. The highest BCUT2D eigenvalue weighted by atomic mass is 16.5. The van der Waals surface area contributed by atoms with Gasteiger partial charge in [-0.3, -0.25) is 4.79 Å². The molecule has 136 valence electrons. The Labute approximate surface area is 149 Å². The number of carbonyl (C=O) groups is 2. The molecular formula is C20H28N2O3.